The molecule has 0 spiro atoms. The zero-order valence-electron chi connectivity index (χ0n) is 11.9. The zero-order chi connectivity index (χ0) is 13.2. The Labute approximate surface area is 115 Å². The molecule has 0 bridgehead atoms. The summed E-state index contributed by atoms with van der Waals surface area (Å²) < 4.78 is 0. The number of piperazine rings is 1. The Bertz CT molecular complexity index is 437. The van der Waals surface area contributed by atoms with Crippen LogP contribution < -0.4 is 10.2 Å². The summed E-state index contributed by atoms with van der Waals surface area (Å²) in [4.78, 5) is 13.9. The van der Waals surface area contributed by atoms with Crippen molar-refractivity contribution < 1.29 is 0 Å². The fourth-order valence-corrected chi connectivity index (χ4v) is 2.98. The van der Waals surface area contributed by atoms with Gasteiger partial charge < -0.3 is 10.2 Å². The Morgan fingerprint density at radius 3 is 2.68 bits per heavy atom. The third kappa shape index (κ3) is 2.58. The van der Waals surface area contributed by atoms with Gasteiger partial charge in [-0.2, -0.15) is 0 Å². The van der Waals surface area contributed by atoms with Crippen LogP contribution in [0.5, 0.6) is 0 Å². The molecule has 0 amide bonds. The molecule has 0 saturated carbocycles. The normalized spacial score (nSPS) is 20.7. The second-order valence-corrected chi connectivity index (χ2v) is 5.67. The van der Waals surface area contributed by atoms with Gasteiger partial charge in [-0.25, -0.2) is 9.97 Å². The van der Waals surface area contributed by atoms with Gasteiger partial charge in [0.2, 0.25) is 0 Å². The average molecular weight is 261 g/mol. The highest BCUT2D eigenvalue weighted by molar-refractivity contribution is 5.49. The van der Waals surface area contributed by atoms with Crippen LogP contribution in [0.1, 0.15) is 25.1 Å². The molecule has 0 atom stereocenters. The van der Waals surface area contributed by atoms with Crippen molar-refractivity contribution in [3.05, 3.63) is 17.6 Å². The zero-order valence-corrected chi connectivity index (χ0v) is 11.9. The van der Waals surface area contributed by atoms with E-state index in [1.165, 1.54) is 11.3 Å². The van der Waals surface area contributed by atoms with Crippen molar-refractivity contribution in [3.63, 3.8) is 0 Å². The molecule has 0 radical (unpaired) electrons. The van der Waals surface area contributed by atoms with Crippen molar-refractivity contribution in [2.24, 2.45) is 0 Å². The molecule has 2 aliphatic rings. The van der Waals surface area contributed by atoms with Crippen LogP contribution in [0.2, 0.25) is 0 Å². The van der Waals surface area contributed by atoms with Crippen LogP contribution >= 0.6 is 0 Å². The van der Waals surface area contributed by atoms with Gasteiger partial charge >= 0.3 is 0 Å². The summed E-state index contributed by atoms with van der Waals surface area (Å²) >= 11 is 0. The molecule has 0 aliphatic carbocycles. The van der Waals surface area contributed by atoms with Crippen LogP contribution in [0.4, 0.5) is 5.82 Å². The molecule has 2 aliphatic heterocycles. The number of anilines is 1. The van der Waals surface area contributed by atoms with Crippen molar-refractivity contribution in [1.82, 2.24) is 20.2 Å². The van der Waals surface area contributed by atoms with Gasteiger partial charge in [-0.15, -0.1) is 0 Å². The first-order chi connectivity index (χ1) is 9.25. The Kier molecular flexibility index (Phi) is 3.66. The predicted molar refractivity (Wildman–Crippen MR) is 76.4 cm³/mol. The minimum absolute atomic E-state index is 0.642. The maximum atomic E-state index is 4.54. The van der Waals surface area contributed by atoms with E-state index in [9.17, 15) is 0 Å². The quantitative estimate of drug-likeness (QED) is 0.847. The van der Waals surface area contributed by atoms with E-state index in [1.54, 1.807) is 6.33 Å². The minimum Gasteiger partial charge on any atom is -0.354 e. The van der Waals surface area contributed by atoms with E-state index in [-0.39, 0.29) is 0 Å². The number of fused-ring (bicyclic) bond motifs is 1. The van der Waals surface area contributed by atoms with Crippen LogP contribution in [0, 0.1) is 0 Å². The third-order valence-corrected chi connectivity index (χ3v) is 4.20. The topological polar surface area (TPSA) is 44.3 Å². The van der Waals surface area contributed by atoms with Crippen LogP contribution in [-0.2, 0) is 13.0 Å². The largest absolute Gasteiger partial charge is 0.354 e. The van der Waals surface area contributed by atoms with Gasteiger partial charge in [-0.1, -0.05) is 0 Å². The van der Waals surface area contributed by atoms with Crippen molar-refractivity contribution >= 4 is 5.82 Å². The van der Waals surface area contributed by atoms with Gasteiger partial charge in [-0.05, 0) is 13.8 Å². The Morgan fingerprint density at radius 1 is 1.16 bits per heavy atom. The van der Waals surface area contributed by atoms with Crippen molar-refractivity contribution in [2.45, 2.75) is 32.9 Å². The van der Waals surface area contributed by atoms with Crippen molar-refractivity contribution in [1.29, 1.82) is 0 Å². The van der Waals surface area contributed by atoms with E-state index in [1.807, 2.05) is 0 Å². The smallest absolute Gasteiger partial charge is 0.136 e. The van der Waals surface area contributed by atoms with Gasteiger partial charge in [-0.3, -0.25) is 4.90 Å². The summed E-state index contributed by atoms with van der Waals surface area (Å²) in [6.07, 6.45) is 2.76. The molecule has 3 heterocycles. The summed E-state index contributed by atoms with van der Waals surface area (Å²) in [5.41, 5.74) is 2.54. The summed E-state index contributed by atoms with van der Waals surface area (Å²) in [7, 11) is 0. The van der Waals surface area contributed by atoms with E-state index >= 15 is 0 Å². The fourth-order valence-electron chi connectivity index (χ4n) is 2.98. The summed E-state index contributed by atoms with van der Waals surface area (Å²) in [5.74, 6) is 1.15. The molecule has 1 aromatic rings. The summed E-state index contributed by atoms with van der Waals surface area (Å²) in [6.45, 7) is 10.9. The Hall–Kier alpha value is -1.20. The molecule has 5 heteroatoms. The maximum Gasteiger partial charge on any atom is 0.136 e. The molecule has 19 heavy (non-hydrogen) atoms. The molecule has 1 fully saturated rings. The third-order valence-electron chi connectivity index (χ3n) is 4.20. The second kappa shape index (κ2) is 5.43. The predicted octanol–water partition coefficient (Wildman–Crippen LogP) is 0.653. The molecule has 1 saturated heterocycles. The molecule has 5 nitrogen and oxygen atoms in total. The molecule has 0 aromatic carbocycles. The Balaban J connectivity index is 1.77. The number of nitrogens with zero attached hydrogens (tertiary/aromatic N) is 4. The molecule has 0 unspecified atom stereocenters. The SMILES string of the molecule is CC(C)N1CCN(c2ncnc3c2CNCC3)CC1. The lowest BCUT2D eigenvalue weighted by Crippen LogP contribution is -2.49. The van der Waals surface area contributed by atoms with Crippen molar-refractivity contribution in [2.75, 3.05) is 37.6 Å². The van der Waals surface area contributed by atoms with Gasteiger partial charge in [0.25, 0.3) is 0 Å². The van der Waals surface area contributed by atoms with Crippen LogP contribution in [0.3, 0.4) is 0 Å². The lowest BCUT2D eigenvalue weighted by molar-refractivity contribution is 0.209. The Morgan fingerprint density at radius 2 is 1.95 bits per heavy atom. The average Bonchev–Trinajstić information content (AvgIpc) is 2.47. The van der Waals surface area contributed by atoms with Crippen LogP contribution in [-0.4, -0.2) is 53.6 Å². The van der Waals surface area contributed by atoms with E-state index in [4.69, 9.17) is 0 Å². The number of rotatable bonds is 2. The lowest BCUT2D eigenvalue weighted by Gasteiger charge is -2.38. The second-order valence-electron chi connectivity index (χ2n) is 5.67. The van der Waals surface area contributed by atoms with Gasteiger partial charge in [0.05, 0.1) is 5.69 Å². The highest BCUT2D eigenvalue weighted by atomic mass is 15.3. The highest BCUT2D eigenvalue weighted by Crippen LogP contribution is 2.23. The summed E-state index contributed by atoms with van der Waals surface area (Å²) in [5, 5.41) is 3.43. The van der Waals surface area contributed by atoms with Gasteiger partial charge in [0.15, 0.2) is 0 Å². The maximum absolute atomic E-state index is 4.54. The molecule has 3 rings (SSSR count). The molecular weight excluding hydrogens is 238 g/mol. The lowest BCUT2D eigenvalue weighted by atomic mass is 10.1. The molecular formula is C14H23N5. The first-order valence-electron chi connectivity index (χ1n) is 7.28. The van der Waals surface area contributed by atoms with Crippen molar-refractivity contribution in [3.8, 4) is 0 Å². The van der Waals surface area contributed by atoms with Gasteiger partial charge in [0.1, 0.15) is 12.1 Å². The molecule has 1 aromatic heterocycles. The standard InChI is InChI=1S/C14H23N5/c1-11(2)18-5-7-19(8-6-18)14-12-9-15-4-3-13(12)16-10-17-14/h10-11,15H,3-9H2,1-2H3. The van der Waals surface area contributed by atoms with E-state index < -0.39 is 0 Å². The molecule has 1 N–H and O–H groups in total. The first kappa shape index (κ1) is 12.8. The minimum atomic E-state index is 0.642. The summed E-state index contributed by atoms with van der Waals surface area (Å²) in [6, 6.07) is 0.642. The van der Waals surface area contributed by atoms with E-state index in [2.05, 4.69) is 38.9 Å². The number of hydrogen-bond acceptors (Lipinski definition) is 5. The van der Waals surface area contributed by atoms with Crippen LogP contribution in [0.15, 0.2) is 6.33 Å². The number of hydrogen-bond donors (Lipinski definition) is 1. The number of aromatic nitrogens is 2. The van der Waals surface area contributed by atoms with Gasteiger partial charge in [0, 0.05) is 57.3 Å². The van der Waals surface area contributed by atoms with E-state index in [0.717, 1.165) is 51.5 Å². The monoisotopic (exact) mass is 261 g/mol. The van der Waals surface area contributed by atoms with Crippen LogP contribution in [0.25, 0.3) is 0 Å². The molecule has 104 valence electrons. The highest BCUT2D eigenvalue weighted by Gasteiger charge is 2.24. The number of nitrogens with one attached hydrogen (secondary N) is 1. The first-order valence-corrected chi connectivity index (χ1v) is 7.28. The van der Waals surface area contributed by atoms with E-state index in [0.29, 0.717) is 6.04 Å². The fraction of sp³-hybridized carbons (Fsp3) is 0.714.